The highest BCUT2D eigenvalue weighted by molar-refractivity contribution is 8.14. The van der Waals surface area contributed by atoms with E-state index in [4.69, 9.17) is 4.74 Å². The largest absolute Gasteiger partial charge is 0.370 e. The minimum absolute atomic E-state index is 0.0264. The molecule has 0 aromatic rings. The molecule has 0 radical (unpaired) electrons. The van der Waals surface area contributed by atoms with Crippen molar-refractivity contribution in [2.45, 2.75) is 39.5 Å². The van der Waals surface area contributed by atoms with Crippen LogP contribution < -0.4 is 0 Å². The van der Waals surface area contributed by atoms with E-state index < -0.39 is 0 Å². The van der Waals surface area contributed by atoms with Crippen molar-refractivity contribution >= 4 is 16.9 Å². The molecular formula is C11H20O2S. The number of unbranched alkanes of at least 4 members (excludes halogenated alkanes) is 3. The zero-order valence-corrected chi connectivity index (χ0v) is 9.99. The average Bonchev–Trinajstić information content (AvgIpc) is 2.16. The molecular weight excluding hydrogens is 196 g/mol. The first-order chi connectivity index (χ1) is 6.68. The van der Waals surface area contributed by atoms with E-state index in [9.17, 15) is 4.79 Å². The topological polar surface area (TPSA) is 26.3 Å². The molecule has 0 saturated carbocycles. The van der Waals surface area contributed by atoms with E-state index >= 15 is 0 Å². The van der Waals surface area contributed by atoms with E-state index in [1.807, 2.05) is 0 Å². The zero-order chi connectivity index (χ0) is 10.8. The number of carbonyl (C=O) groups is 1. The minimum Gasteiger partial charge on any atom is -0.370 e. The Kier molecular flexibility index (Phi) is 9.10. The molecule has 82 valence electrons. The summed E-state index contributed by atoms with van der Waals surface area (Å²) in [5.74, 6) is 0.456. The molecule has 0 bridgehead atoms. The van der Waals surface area contributed by atoms with Gasteiger partial charge in [-0.05, 0) is 18.9 Å². The lowest BCUT2D eigenvalue weighted by molar-refractivity contribution is -0.107. The molecule has 0 fully saturated rings. The first-order valence-corrected chi connectivity index (χ1v) is 6.07. The van der Waals surface area contributed by atoms with Crippen molar-refractivity contribution in [2.24, 2.45) is 0 Å². The van der Waals surface area contributed by atoms with E-state index in [0.29, 0.717) is 11.5 Å². The van der Waals surface area contributed by atoms with Gasteiger partial charge in [-0.25, -0.2) is 0 Å². The summed E-state index contributed by atoms with van der Waals surface area (Å²) in [5, 5.41) is 0.0264. The first kappa shape index (κ1) is 13.7. The Hall–Kier alpha value is -0.280. The van der Waals surface area contributed by atoms with Crippen molar-refractivity contribution in [1.82, 2.24) is 0 Å². The third-order valence-corrected chi connectivity index (χ3v) is 2.66. The maximum Gasteiger partial charge on any atom is 0.216 e. The molecule has 14 heavy (non-hydrogen) atoms. The molecule has 0 saturated heterocycles. The van der Waals surface area contributed by atoms with Crippen molar-refractivity contribution in [3.63, 3.8) is 0 Å². The summed E-state index contributed by atoms with van der Waals surface area (Å²) in [6, 6.07) is 0. The van der Waals surface area contributed by atoms with Crippen LogP contribution in [0.1, 0.15) is 39.5 Å². The van der Waals surface area contributed by atoms with Gasteiger partial charge in [0.1, 0.15) is 0 Å². The maximum atomic E-state index is 11.1. The molecule has 0 unspecified atom stereocenters. The van der Waals surface area contributed by atoms with E-state index in [1.165, 1.54) is 31.0 Å². The monoisotopic (exact) mass is 216 g/mol. The highest BCUT2D eigenvalue weighted by Crippen LogP contribution is 2.09. The molecule has 0 aromatic carbocycles. The van der Waals surface area contributed by atoms with Crippen LogP contribution in [0.2, 0.25) is 0 Å². The fraction of sp³-hybridized carbons (Fsp3) is 0.727. The van der Waals surface area contributed by atoms with Gasteiger partial charge in [0, 0.05) is 6.61 Å². The van der Waals surface area contributed by atoms with Crippen LogP contribution >= 0.6 is 11.8 Å². The fourth-order valence-electron chi connectivity index (χ4n) is 0.908. The Labute approximate surface area is 91.1 Å². The van der Waals surface area contributed by atoms with Crippen LogP contribution in [0.3, 0.4) is 0 Å². The van der Waals surface area contributed by atoms with Gasteiger partial charge in [0.05, 0.1) is 5.94 Å². The second kappa shape index (κ2) is 9.28. The van der Waals surface area contributed by atoms with Crippen molar-refractivity contribution in [1.29, 1.82) is 0 Å². The normalized spacial score (nSPS) is 10.1. The Bertz CT molecular complexity index is 178. The molecule has 0 aliphatic heterocycles. The third-order valence-electron chi connectivity index (χ3n) is 1.76. The van der Waals surface area contributed by atoms with Gasteiger partial charge in [0.25, 0.3) is 0 Å². The predicted octanol–water partition coefficient (Wildman–Crippen LogP) is 3.38. The lowest BCUT2D eigenvalue weighted by Crippen LogP contribution is -1.98. The number of thioether (sulfide) groups is 1. The molecule has 0 rings (SSSR count). The lowest BCUT2D eigenvalue weighted by Gasteiger charge is -2.02. The number of hydrogen-bond acceptors (Lipinski definition) is 3. The van der Waals surface area contributed by atoms with Gasteiger partial charge in [-0.3, -0.25) is 4.79 Å². The van der Waals surface area contributed by atoms with Crippen LogP contribution in [0.25, 0.3) is 0 Å². The zero-order valence-electron chi connectivity index (χ0n) is 9.17. The number of carbonyl (C=O) groups excluding carboxylic acids is 1. The van der Waals surface area contributed by atoms with Crippen LogP contribution in [-0.4, -0.2) is 17.7 Å². The second-order valence-corrected chi connectivity index (χ2v) is 4.19. The van der Waals surface area contributed by atoms with Gasteiger partial charge in [-0.2, -0.15) is 0 Å². The molecule has 0 spiro atoms. The third kappa shape index (κ3) is 8.32. The van der Waals surface area contributed by atoms with E-state index in [-0.39, 0.29) is 5.12 Å². The molecule has 0 atom stereocenters. The number of ether oxygens (including phenoxy) is 1. The Morgan fingerprint density at radius 2 is 2.07 bits per heavy atom. The van der Waals surface area contributed by atoms with E-state index in [1.54, 1.807) is 6.92 Å². The van der Waals surface area contributed by atoms with Gasteiger partial charge in [0.15, 0.2) is 0 Å². The van der Waals surface area contributed by atoms with Crippen LogP contribution in [-0.2, 0) is 9.53 Å². The summed E-state index contributed by atoms with van der Waals surface area (Å²) in [6.45, 7) is 8.23. The summed E-state index contributed by atoms with van der Waals surface area (Å²) < 4.78 is 5.30. The molecule has 0 aliphatic carbocycles. The van der Waals surface area contributed by atoms with Crippen molar-refractivity contribution in [3.05, 3.63) is 12.2 Å². The second-order valence-electron chi connectivity index (χ2n) is 3.30. The Morgan fingerprint density at radius 3 is 2.64 bits per heavy atom. The molecule has 3 heteroatoms. The van der Waals surface area contributed by atoms with Gasteiger partial charge in [-0.15, -0.1) is 0 Å². The molecule has 0 N–H and O–H groups in total. The number of hydrogen-bond donors (Lipinski definition) is 0. The Balaban J connectivity index is 3.13. The quantitative estimate of drug-likeness (QED) is 0.353. The van der Waals surface area contributed by atoms with Crippen LogP contribution in [0, 0.1) is 0 Å². The molecule has 2 nitrogen and oxygen atoms in total. The summed E-state index contributed by atoms with van der Waals surface area (Å²) in [5.41, 5.74) is 0.588. The van der Waals surface area contributed by atoms with Gasteiger partial charge < -0.3 is 4.74 Å². The molecule has 0 aromatic heterocycles. The minimum atomic E-state index is 0.0264. The number of rotatable bonds is 8. The summed E-state index contributed by atoms with van der Waals surface area (Å²) >= 11 is 1.19. The van der Waals surface area contributed by atoms with Crippen LogP contribution in [0.15, 0.2) is 12.2 Å². The van der Waals surface area contributed by atoms with Gasteiger partial charge >= 0.3 is 0 Å². The maximum absolute atomic E-state index is 11.1. The van der Waals surface area contributed by atoms with Gasteiger partial charge in [-0.1, -0.05) is 44.5 Å². The van der Waals surface area contributed by atoms with E-state index in [0.717, 1.165) is 13.0 Å². The summed E-state index contributed by atoms with van der Waals surface area (Å²) in [6.07, 6.45) is 4.81. The standard InChI is InChI=1S/C11H20O2S/c1-4-5-6-7-8-13-9-14-11(12)10(2)3/h2,4-9H2,1,3H3. The first-order valence-electron chi connectivity index (χ1n) is 5.08. The summed E-state index contributed by atoms with van der Waals surface area (Å²) in [4.78, 5) is 11.1. The SMILES string of the molecule is C=C(C)C(=O)SCOCCCCCC. The molecule has 0 amide bonds. The van der Waals surface area contributed by atoms with E-state index in [2.05, 4.69) is 13.5 Å². The summed E-state index contributed by atoms with van der Waals surface area (Å²) in [7, 11) is 0. The highest BCUT2D eigenvalue weighted by Gasteiger charge is 2.01. The average molecular weight is 216 g/mol. The highest BCUT2D eigenvalue weighted by atomic mass is 32.2. The van der Waals surface area contributed by atoms with Gasteiger partial charge in [0.2, 0.25) is 5.12 Å². The van der Waals surface area contributed by atoms with Crippen LogP contribution in [0.5, 0.6) is 0 Å². The van der Waals surface area contributed by atoms with Crippen molar-refractivity contribution in [2.75, 3.05) is 12.5 Å². The van der Waals surface area contributed by atoms with Crippen molar-refractivity contribution < 1.29 is 9.53 Å². The molecule has 0 heterocycles. The van der Waals surface area contributed by atoms with Crippen molar-refractivity contribution in [3.8, 4) is 0 Å². The smallest absolute Gasteiger partial charge is 0.216 e. The molecule has 0 aliphatic rings. The lowest BCUT2D eigenvalue weighted by atomic mass is 10.2. The Morgan fingerprint density at radius 1 is 1.36 bits per heavy atom. The predicted molar refractivity (Wildman–Crippen MR) is 62.4 cm³/mol. The van der Waals surface area contributed by atoms with Crippen LogP contribution in [0.4, 0.5) is 0 Å². The fourth-order valence-corrected chi connectivity index (χ4v) is 1.46.